The van der Waals surface area contributed by atoms with E-state index in [9.17, 15) is 0 Å². The summed E-state index contributed by atoms with van der Waals surface area (Å²) in [4.78, 5) is 9.77. The Balaban J connectivity index is 0.000000720. The van der Waals surface area contributed by atoms with Crippen LogP contribution >= 0.6 is 24.6 Å². The van der Waals surface area contributed by atoms with Crippen LogP contribution in [-0.4, -0.2) is 15.0 Å². The number of rotatable bonds is 0. The molecule has 0 spiro atoms. The van der Waals surface area contributed by atoms with Gasteiger partial charge in [0.2, 0.25) is 0 Å². The summed E-state index contributed by atoms with van der Waals surface area (Å²) in [6, 6.07) is 1.69. The van der Waals surface area contributed by atoms with Crippen molar-refractivity contribution >= 4 is 41.6 Å². The summed E-state index contributed by atoms with van der Waals surface area (Å²) in [5.41, 5.74) is 7.04. The summed E-state index contributed by atoms with van der Waals surface area (Å²) in [6.45, 7) is 0. The van der Waals surface area contributed by atoms with Gasteiger partial charge in [0.15, 0.2) is 5.65 Å². The van der Waals surface area contributed by atoms with Crippen molar-refractivity contribution in [3.8, 4) is 0 Å². The first-order valence-electron chi connectivity index (χ1n) is 3.09. The molecule has 6 heteroatoms. The van der Waals surface area contributed by atoms with Gasteiger partial charge in [-0.3, -0.25) is 0 Å². The van der Waals surface area contributed by atoms with E-state index in [1.165, 1.54) is 0 Å². The molecule has 2 rings (SSSR count). The highest BCUT2D eigenvalue weighted by Crippen LogP contribution is 2.10. The van der Waals surface area contributed by atoms with E-state index < -0.39 is 0 Å². The number of nitrogen functional groups attached to an aromatic ring is 1. The first kappa shape index (κ1) is 9.02. The highest BCUT2D eigenvalue weighted by molar-refractivity contribution is 7.71. The van der Waals surface area contributed by atoms with Crippen molar-refractivity contribution in [2.75, 3.05) is 5.73 Å². The molecule has 0 saturated heterocycles. The van der Waals surface area contributed by atoms with Crippen molar-refractivity contribution in [3.63, 3.8) is 0 Å². The molecule has 2 aromatic heterocycles. The number of halogens is 1. The van der Waals surface area contributed by atoms with Crippen LogP contribution in [0, 0.1) is 4.51 Å². The summed E-state index contributed by atoms with van der Waals surface area (Å²) >= 11 is 5.02. The van der Waals surface area contributed by atoms with Crippen LogP contribution in [0.1, 0.15) is 0 Å². The van der Waals surface area contributed by atoms with Gasteiger partial charge in [-0.25, -0.2) is 4.98 Å². The summed E-state index contributed by atoms with van der Waals surface area (Å²) < 4.78 is 0.689. The number of nitrogens with two attached hydrogens (primary N) is 1. The zero-order valence-corrected chi connectivity index (χ0v) is 7.63. The molecular formula is C6H7ClN4S. The number of hydrogen-bond acceptors (Lipinski definition) is 3. The minimum Gasteiger partial charge on any atom is -0.385 e. The van der Waals surface area contributed by atoms with Crippen LogP contribution in [0.3, 0.4) is 0 Å². The van der Waals surface area contributed by atoms with Gasteiger partial charge in [-0.05, 0) is 6.07 Å². The quantitative estimate of drug-likeness (QED) is 0.569. The summed E-state index contributed by atoms with van der Waals surface area (Å²) in [5, 5.41) is 0. The summed E-state index contributed by atoms with van der Waals surface area (Å²) in [5.74, 6) is 0.537. The van der Waals surface area contributed by atoms with E-state index in [4.69, 9.17) is 18.0 Å². The Labute approximate surface area is 79.6 Å². The SMILES string of the molecule is Cl.Nc1cc(=S)c2[nH]cnc2[nH]1. The van der Waals surface area contributed by atoms with Crippen LogP contribution in [0.4, 0.5) is 5.82 Å². The lowest BCUT2D eigenvalue weighted by molar-refractivity contribution is 1.31. The third-order valence-corrected chi connectivity index (χ3v) is 1.76. The summed E-state index contributed by atoms with van der Waals surface area (Å²) in [6.07, 6.45) is 1.58. The van der Waals surface area contributed by atoms with E-state index in [0.29, 0.717) is 16.0 Å². The number of hydrogen-bond donors (Lipinski definition) is 3. The molecular weight excluding hydrogens is 196 g/mol. The zero-order valence-electron chi connectivity index (χ0n) is 6.00. The lowest BCUT2D eigenvalue weighted by atomic mass is 10.4. The van der Waals surface area contributed by atoms with E-state index in [-0.39, 0.29) is 12.4 Å². The number of nitrogens with zero attached hydrogens (tertiary/aromatic N) is 1. The Kier molecular flexibility index (Phi) is 2.35. The maximum absolute atomic E-state index is 5.51. The van der Waals surface area contributed by atoms with Crippen LogP contribution in [0.2, 0.25) is 0 Å². The van der Waals surface area contributed by atoms with E-state index in [0.717, 1.165) is 5.52 Å². The number of anilines is 1. The molecule has 64 valence electrons. The molecule has 0 fully saturated rings. The smallest absolute Gasteiger partial charge is 0.158 e. The number of pyridine rings is 1. The van der Waals surface area contributed by atoms with Gasteiger partial charge in [0.25, 0.3) is 0 Å². The predicted octanol–water partition coefficient (Wildman–Crippen LogP) is 1.62. The average molecular weight is 203 g/mol. The average Bonchev–Trinajstić information content (AvgIpc) is 2.34. The van der Waals surface area contributed by atoms with Gasteiger partial charge < -0.3 is 15.7 Å². The van der Waals surface area contributed by atoms with Crippen LogP contribution < -0.4 is 5.73 Å². The Morgan fingerprint density at radius 3 is 3.00 bits per heavy atom. The maximum Gasteiger partial charge on any atom is 0.158 e. The molecule has 2 aromatic rings. The number of imidazole rings is 1. The molecule has 0 aliphatic carbocycles. The Morgan fingerprint density at radius 2 is 2.25 bits per heavy atom. The molecule has 0 amide bonds. The molecule has 0 aromatic carbocycles. The van der Waals surface area contributed by atoms with Gasteiger partial charge in [0.05, 0.1) is 10.8 Å². The number of fused-ring (bicyclic) bond motifs is 1. The molecule has 0 radical (unpaired) electrons. The number of H-pyrrole nitrogens is 2. The van der Waals surface area contributed by atoms with Crippen molar-refractivity contribution in [1.82, 2.24) is 15.0 Å². The number of nitrogens with one attached hydrogen (secondary N) is 2. The zero-order chi connectivity index (χ0) is 7.84. The molecule has 0 saturated carbocycles. The molecule has 0 bridgehead atoms. The highest BCUT2D eigenvalue weighted by atomic mass is 35.5. The minimum atomic E-state index is 0. The first-order valence-corrected chi connectivity index (χ1v) is 3.50. The number of aromatic nitrogens is 3. The molecule has 0 atom stereocenters. The predicted molar refractivity (Wildman–Crippen MR) is 52.9 cm³/mol. The fraction of sp³-hybridized carbons (Fsp3) is 0. The van der Waals surface area contributed by atoms with Crippen LogP contribution in [-0.2, 0) is 0 Å². The largest absolute Gasteiger partial charge is 0.385 e. The van der Waals surface area contributed by atoms with E-state index >= 15 is 0 Å². The third-order valence-electron chi connectivity index (χ3n) is 1.44. The molecule has 4 nitrogen and oxygen atoms in total. The first-order chi connectivity index (χ1) is 5.27. The fourth-order valence-corrected chi connectivity index (χ4v) is 1.25. The van der Waals surface area contributed by atoms with Gasteiger partial charge in [-0.2, -0.15) is 0 Å². The van der Waals surface area contributed by atoms with Crippen molar-refractivity contribution in [2.45, 2.75) is 0 Å². The standard InChI is InChI=1S/C6H6N4S.ClH/c7-4-1-3(11)5-6(10-4)9-2-8-5;/h1-2H,(H4,7,8,9,10,11);1H. The highest BCUT2D eigenvalue weighted by Gasteiger charge is 1.97. The number of aromatic amines is 2. The summed E-state index contributed by atoms with van der Waals surface area (Å²) in [7, 11) is 0. The third kappa shape index (κ3) is 1.28. The van der Waals surface area contributed by atoms with Crippen molar-refractivity contribution in [2.24, 2.45) is 0 Å². The van der Waals surface area contributed by atoms with Crippen molar-refractivity contribution < 1.29 is 0 Å². The Hall–Kier alpha value is -1.07. The molecule has 4 N–H and O–H groups in total. The van der Waals surface area contributed by atoms with Crippen LogP contribution in [0.5, 0.6) is 0 Å². The Morgan fingerprint density at radius 1 is 1.50 bits per heavy atom. The van der Waals surface area contributed by atoms with Gasteiger partial charge in [-0.1, -0.05) is 12.2 Å². The Bertz CT molecular complexity index is 446. The fourth-order valence-electron chi connectivity index (χ4n) is 0.963. The lowest BCUT2D eigenvalue weighted by Gasteiger charge is -1.92. The van der Waals surface area contributed by atoms with Crippen molar-refractivity contribution in [3.05, 3.63) is 16.9 Å². The van der Waals surface area contributed by atoms with Gasteiger partial charge >= 0.3 is 0 Å². The van der Waals surface area contributed by atoms with Crippen LogP contribution in [0.15, 0.2) is 12.4 Å². The second-order valence-corrected chi connectivity index (χ2v) is 2.65. The van der Waals surface area contributed by atoms with Gasteiger partial charge in [0.1, 0.15) is 11.3 Å². The second kappa shape index (κ2) is 3.12. The molecule has 2 heterocycles. The van der Waals surface area contributed by atoms with E-state index in [2.05, 4.69) is 15.0 Å². The van der Waals surface area contributed by atoms with E-state index in [1.54, 1.807) is 12.4 Å². The minimum absolute atomic E-state index is 0. The van der Waals surface area contributed by atoms with Gasteiger partial charge in [0, 0.05) is 0 Å². The molecule has 0 unspecified atom stereocenters. The second-order valence-electron chi connectivity index (χ2n) is 2.22. The molecule has 0 aliphatic heterocycles. The molecule has 0 aliphatic rings. The molecule has 12 heavy (non-hydrogen) atoms. The monoisotopic (exact) mass is 202 g/mol. The van der Waals surface area contributed by atoms with E-state index in [1.807, 2.05) is 0 Å². The lowest BCUT2D eigenvalue weighted by Crippen LogP contribution is -1.89. The topological polar surface area (TPSA) is 70.5 Å². The van der Waals surface area contributed by atoms with Crippen molar-refractivity contribution in [1.29, 1.82) is 0 Å². The normalized spacial score (nSPS) is 9.67. The van der Waals surface area contributed by atoms with Gasteiger partial charge in [-0.15, -0.1) is 12.4 Å². The maximum atomic E-state index is 5.51. The van der Waals surface area contributed by atoms with Crippen LogP contribution in [0.25, 0.3) is 11.2 Å².